The smallest absolute Gasteiger partial charge is 0.104 e. The van der Waals surface area contributed by atoms with Crippen LogP contribution in [0.2, 0.25) is 0 Å². The molecule has 2 saturated carbocycles. The highest BCUT2D eigenvalue weighted by molar-refractivity contribution is 5.06. The highest BCUT2D eigenvalue weighted by Gasteiger charge is 2.31. The molecule has 0 aromatic carbocycles. The third kappa shape index (κ3) is 5.06. The van der Waals surface area contributed by atoms with Crippen LogP contribution < -0.4 is 5.32 Å². The van der Waals surface area contributed by atoms with Gasteiger partial charge in [0.05, 0.1) is 6.07 Å². The van der Waals surface area contributed by atoms with Gasteiger partial charge in [-0.05, 0) is 44.9 Å². The van der Waals surface area contributed by atoms with Gasteiger partial charge in [-0.3, -0.25) is 5.32 Å². The van der Waals surface area contributed by atoms with Gasteiger partial charge in [0.2, 0.25) is 0 Å². The Morgan fingerprint density at radius 3 is 2.65 bits per heavy atom. The minimum atomic E-state index is -0.346. The van der Waals surface area contributed by atoms with Crippen molar-refractivity contribution in [3.05, 3.63) is 0 Å². The molecule has 2 rings (SSSR count). The lowest BCUT2D eigenvalue weighted by Gasteiger charge is -2.23. The van der Waals surface area contributed by atoms with E-state index in [9.17, 15) is 5.26 Å². The zero-order valence-electron chi connectivity index (χ0n) is 10.9. The molecule has 0 aromatic rings. The van der Waals surface area contributed by atoms with E-state index in [4.69, 9.17) is 4.74 Å². The Morgan fingerprint density at radius 1 is 1.29 bits per heavy atom. The van der Waals surface area contributed by atoms with Crippen molar-refractivity contribution < 1.29 is 4.74 Å². The van der Waals surface area contributed by atoms with Crippen LogP contribution in [0.25, 0.3) is 0 Å². The second-order valence-corrected chi connectivity index (χ2v) is 5.81. The molecule has 0 amide bonds. The van der Waals surface area contributed by atoms with Gasteiger partial charge in [-0.2, -0.15) is 5.26 Å². The van der Waals surface area contributed by atoms with Gasteiger partial charge in [-0.25, -0.2) is 0 Å². The van der Waals surface area contributed by atoms with E-state index in [0.29, 0.717) is 6.04 Å². The van der Waals surface area contributed by atoms with Crippen LogP contribution in [-0.2, 0) is 4.74 Å². The van der Waals surface area contributed by atoms with E-state index in [1.807, 2.05) is 6.92 Å². The number of hydrogen-bond acceptors (Lipinski definition) is 3. The minimum Gasteiger partial charge on any atom is -0.381 e. The SMILES string of the molecule is CC(C#N)(CCCOCCC1CC1)NC1CC1. The zero-order chi connectivity index (χ0) is 12.1. The Kier molecular flexibility index (Phi) is 4.42. The van der Waals surface area contributed by atoms with Gasteiger partial charge >= 0.3 is 0 Å². The first-order chi connectivity index (χ1) is 8.22. The van der Waals surface area contributed by atoms with Crippen molar-refractivity contribution in [3.8, 4) is 6.07 Å². The van der Waals surface area contributed by atoms with Crippen LogP contribution in [-0.4, -0.2) is 24.8 Å². The number of nitrogens with one attached hydrogen (secondary N) is 1. The fraction of sp³-hybridized carbons (Fsp3) is 0.929. The number of nitrogens with zero attached hydrogens (tertiary/aromatic N) is 1. The van der Waals surface area contributed by atoms with Crippen molar-refractivity contribution in [3.63, 3.8) is 0 Å². The van der Waals surface area contributed by atoms with Crippen LogP contribution in [0.1, 0.15) is 51.9 Å². The normalized spacial score (nSPS) is 23.1. The Morgan fingerprint density at radius 2 is 2.06 bits per heavy atom. The standard InChI is InChI=1S/C14H24N2O/c1-14(11-15,16-13-5-6-13)8-2-9-17-10-7-12-3-4-12/h12-13,16H,2-10H2,1H3. The largest absolute Gasteiger partial charge is 0.381 e. The van der Waals surface area contributed by atoms with E-state index in [1.54, 1.807) is 0 Å². The molecule has 0 aliphatic heterocycles. The number of nitriles is 1. The quantitative estimate of drug-likeness (QED) is 0.626. The molecular formula is C14H24N2O. The molecule has 0 aromatic heterocycles. The summed E-state index contributed by atoms with van der Waals surface area (Å²) < 4.78 is 5.61. The van der Waals surface area contributed by atoms with E-state index in [1.165, 1.54) is 32.1 Å². The summed E-state index contributed by atoms with van der Waals surface area (Å²) in [6.45, 7) is 3.72. The van der Waals surface area contributed by atoms with Crippen LogP contribution in [0.3, 0.4) is 0 Å². The Hall–Kier alpha value is -0.590. The molecule has 1 unspecified atom stereocenters. The second-order valence-electron chi connectivity index (χ2n) is 5.81. The number of rotatable bonds is 9. The van der Waals surface area contributed by atoms with Crippen molar-refractivity contribution in [2.24, 2.45) is 5.92 Å². The van der Waals surface area contributed by atoms with Crippen LogP contribution >= 0.6 is 0 Å². The predicted molar refractivity (Wildman–Crippen MR) is 67.6 cm³/mol. The van der Waals surface area contributed by atoms with Crippen LogP contribution in [0.5, 0.6) is 0 Å². The van der Waals surface area contributed by atoms with Crippen molar-refractivity contribution in [1.29, 1.82) is 5.26 Å². The van der Waals surface area contributed by atoms with E-state index < -0.39 is 0 Å². The molecule has 0 spiro atoms. The maximum Gasteiger partial charge on any atom is 0.104 e. The topological polar surface area (TPSA) is 45.0 Å². The molecule has 1 atom stereocenters. The zero-order valence-corrected chi connectivity index (χ0v) is 10.9. The summed E-state index contributed by atoms with van der Waals surface area (Å²) in [5.41, 5.74) is -0.346. The summed E-state index contributed by atoms with van der Waals surface area (Å²) in [5.74, 6) is 0.955. The molecule has 2 aliphatic carbocycles. The molecule has 2 fully saturated rings. The van der Waals surface area contributed by atoms with Gasteiger partial charge < -0.3 is 4.74 Å². The van der Waals surface area contributed by atoms with Crippen molar-refractivity contribution in [1.82, 2.24) is 5.32 Å². The third-order valence-electron chi connectivity index (χ3n) is 3.68. The van der Waals surface area contributed by atoms with Crippen LogP contribution in [0.4, 0.5) is 0 Å². The Balaban J connectivity index is 1.50. The highest BCUT2D eigenvalue weighted by atomic mass is 16.5. The van der Waals surface area contributed by atoms with Gasteiger partial charge in [-0.15, -0.1) is 0 Å². The lowest BCUT2D eigenvalue weighted by molar-refractivity contribution is 0.120. The summed E-state index contributed by atoms with van der Waals surface area (Å²) in [4.78, 5) is 0. The Labute approximate surface area is 105 Å². The maximum atomic E-state index is 9.19. The van der Waals surface area contributed by atoms with Gasteiger partial charge in [0.25, 0.3) is 0 Å². The fourth-order valence-corrected chi connectivity index (χ4v) is 2.12. The average molecular weight is 236 g/mol. The molecule has 0 radical (unpaired) electrons. The first kappa shape index (κ1) is 12.9. The fourth-order valence-electron chi connectivity index (χ4n) is 2.12. The monoisotopic (exact) mass is 236 g/mol. The van der Waals surface area contributed by atoms with Gasteiger partial charge in [0, 0.05) is 19.3 Å². The molecule has 96 valence electrons. The van der Waals surface area contributed by atoms with E-state index in [2.05, 4.69) is 11.4 Å². The molecule has 2 aliphatic rings. The van der Waals surface area contributed by atoms with Crippen molar-refractivity contribution in [2.45, 2.75) is 63.5 Å². The van der Waals surface area contributed by atoms with Gasteiger partial charge in [0.1, 0.15) is 5.54 Å². The predicted octanol–water partition coefficient (Wildman–Crippen LogP) is 2.62. The molecule has 0 bridgehead atoms. The van der Waals surface area contributed by atoms with E-state index >= 15 is 0 Å². The molecule has 3 heteroatoms. The lowest BCUT2D eigenvalue weighted by Crippen LogP contribution is -2.42. The molecule has 0 saturated heterocycles. The maximum absolute atomic E-state index is 9.19. The average Bonchev–Trinajstić information content (AvgIpc) is 3.17. The minimum absolute atomic E-state index is 0.346. The summed E-state index contributed by atoms with van der Waals surface area (Å²) in [6.07, 6.45) is 8.38. The Bertz CT molecular complexity index is 278. The van der Waals surface area contributed by atoms with E-state index in [-0.39, 0.29) is 5.54 Å². The van der Waals surface area contributed by atoms with Crippen LogP contribution in [0.15, 0.2) is 0 Å². The summed E-state index contributed by atoms with van der Waals surface area (Å²) in [5, 5.41) is 12.6. The van der Waals surface area contributed by atoms with Crippen molar-refractivity contribution >= 4 is 0 Å². The van der Waals surface area contributed by atoms with Crippen molar-refractivity contribution in [2.75, 3.05) is 13.2 Å². The summed E-state index contributed by atoms with van der Waals surface area (Å²) in [6, 6.07) is 3.00. The molecule has 0 heterocycles. The van der Waals surface area contributed by atoms with Gasteiger partial charge in [-0.1, -0.05) is 12.8 Å². The number of hydrogen-bond donors (Lipinski definition) is 1. The van der Waals surface area contributed by atoms with Gasteiger partial charge in [0.15, 0.2) is 0 Å². The number of ether oxygens (including phenoxy) is 1. The molecule has 17 heavy (non-hydrogen) atoms. The van der Waals surface area contributed by atoms with E-state index in [0.717, 1.165) is 32.0 Å². The molecular weight excluding hydrogens is 212 g/mol. The second kappa shape index (κ2) is 5.84. The van der Waals surface area contributed by atoms with Crippen LogP contribution in [0, 0.1) is 17.2 Å². The highest BCUT2D eigenvalue weighted by Crippen LogP contribution is 2.32. The lowest BCUT2D eigenvalue weighted by atomic mass is 9.98. The third-order valence-corrected chi connectivity index (χ3v) is 3.68. The summed E-state index contributed by atoms with van der Waals surface area (Å²) in [7, 11) is 0. The molecule has 1 N–H and O–H groups in total. The summed E-state index contributed by atoms with van der Waals surface area (Å²) >= 11 is 0. The molecule has 3 nitrogen and oxygen atoms in total. The first-order valence-electron chi connectivity index (χ1n) is 6.98. The first-order valence-corrected chi connectivity index (χ1v) is 6.98.